The van der Waals surface area contributed by atoms with Crippen molar-refractivity contribution in [3.8, 4) is 11.1 Å². The Morgan fingerprint density at radius 3 is 2.47 bits per heavy atom. The number of halogens is 3. The van der Waals surface area contributed by atoms with E-state index in [0.717, 1.165) is 28.8 Å². The predicted molar refractivity (Wildman–Crippen MR) is 137 cm³/mol. The fraction of sp³-hybridized carbons (Fsp3) is 0.259. The maximum absolute atomic E-state index is 13.7. The van der Waals surface area contributed by atoms with E-state index in [4.69, 9.17) is 0 Å². The normalized spacial score (nSPS) is 14.1. The first-order valence-electron chi connectivity index (χ1n) is 11.9. The topological polar surface area (TPSA) is 101 Å². The zero-order chi connectivity index (χ0) is 27.4. The molecule has 0 radical (unpaired) electrons. The smallest absolute Gasteiger partial charge is 0.331 e. The van der Waals surface area contributed by atoms with Gasteiger partial charge in [0.05, 0.1) is 10.8 Å². The maximum atomic E-state index is 13.7. The average Bonchev–Trinajstić information content (AvgIpc) is 3.65. The molecule has 1 fully saturated rings. The monoisotopic (exact) mass is 543 g/mol. The zero-order valence-electron chi connectivity index (χ0n) is 20.5. The number of benzene rings is 2. The van der Waals surface area contributed by atoms with Gasteiger partial charge < -0.3 is 9.55 Å². The minimum Gasteiger partial charge on any atom is -0.331 e. The molecule has 2 aromatic heterocycles. The number of aromatic amines is 1. The molecule has 198 valence electrons. The lowest BCUT2D eigenvalue weighted by atomic mass is 10.0. The summed E-state index contributed by atoms with van der Waals surface area (Å²) in [6.45, 7) is 3.85. The van der Waals surface area contributed by atoms with Crippen LogP contribution in [0.15, 0.2) is 59.5 Å². The van der Waals surface area contributed by atoms with Crippen molar-refractivity contribution in [3.63, 3.8) is 0 Å². The number of sulfonamides is 1. The SMILES string of the molecule is Cc1ccc(Cn2c(C(=O)NS(=O)(=O)C3CC3)c(-c3ccc[nH]c3=O)c3cc(C(F)(F)F)ccc32)c(C)c1. The van der Waals surface area contributed by atoms with Crippen molar-refractivity contribution in [1.82, 2.24) is 14.3 Å². The van der Waals surface area contributed by atoms with Crippen molar-refractivity contribution in [2.75, 3.05) is 0 Å². The molecule has 1 saturated carbocycles. The lowest BCUT2D eigenvalue weighted by Crippen LogP contribution is -2.35. The molecular weight excluding hydrogens is 519 g/mol. The molecule has 0 bridgehead atoms. The second-order valence-electron chi connectivity index (χ2n) is 9.56. The number of carbonyl (C=O) groups is 1. The van der Waals surface area contributed by atoms with Crippen LogP contribution in [-0.2, 0) is 22.7 Å². The number of rotatable bonds is 6. The largest absolute Gasteiger partial charge is 0.416 e. The van der Waals surface area contributed by atoms with E-state index in [1.807, 2.05) is 32.0 Å². The second kappa shape index (κ2) is 9.16. The molecular formula is C27H24F3N3O4S. The highest BCUT2D eigenvalue weighted by molar-refractivity contribution is 7.91. The minimum absolute atomic E-state index is 0.00950. The molecule has 5 rings (SSSR count). The summed E-state index contributed by atoms with van der Waals surface area (Å²) in [6.07, 6.45) is -2.50. The zero-order valence-corrected chi connectivity index (χ0v) is 21.3. The van der Waals surface area contributed by atoms with Crippen LogP contribution < -0.4 is 10.3 Å². The second-order valence-corrected chi connectivity index (χ2v) is 11.5. The summed E-state index contributed by atoms with van der Waals surface area (Å²) in [5.74, 6) is -1.01. The van der Waals surface area contributed by atoms with Crippen LogP contribution in [0.4, 0.5) is 13.2 Å². The maximum Gasteiger partial charge on any atom is 0.416 e. The molecule has 0 saturated heterocycles. The third-order valence-electron chi connectivity index (χ3n) is 6.72. The number of aromatic nitrogens is 2. The number of pyridine rings is 1. The number of hydrogen-bond donors (Lipinski definition) is 2. The van der Waals surface area contributed by atoms with E-state index >= 15 is 0 Å². The van der Waals surface area contributed by atoms with Crippen molar-refractivity contribution in [2.45, 2.75) is 44.7 Å². The number of carbonyl (C=O) groups excluding carboxylic acids is 1. The van der Waals surface area contributed by atoms with Crippen molar-refractivity contribution < 1.29 is 26.4 Å². The van der Waals surface area contributed by atoms with Crippen LogP contribution in [0.2, 0.25) is 0 Å². The van der Waals surface area contributed by atoms with Crippen LogP contribution in [-0.4, -0.2) is 29.1 Å². The molecule has 38 heavy (non-hydrogen) atoms. The molecule has 2 N–H and O–H groups in total. The fourth-order valence-corrected chi connectivity index (χ4v) is 5.93. The molecule has 1 amide bonds. The van der Waals surface area contributed by atoms with Crippen molar-refractivity contribution in [2.24, 2.45) is 0 Å². The van der Waals surface area contributed by atoms with Gasteiger partial charge in [0.1, 0.15) is 5.69 Å². The molecule has 0 unspecified atom stereocenters. The van der Waals surface area contributed by atoms with Crippen LogP contribution in [0.1, 0.15) is 45.6 Å². The van der Waals surface area contributed by atoms with Gasteiger partial charge in [-0.05, 0) is 68.1 Å². The summed E-state index contributed by atoms with van der Waals surface area (Å²) in [4.78, 5) is 29.0. The average molecular weight is 544 g/mol. The van der Waals surface area contributed by atoms with Crippen LogP contribution in [0.5, 0.6) is 0 Å². The molecule has 4 aromatic rings. The van der Waals surface area contributed by atoms with E-state index in [0.29, 0.717) is 12.8 Å². The van der Waals surface area contributed by atoms with Gasteiger partial charge in [-0.25, -0.2) is 13.1 Å². The number of amides is 1. The molecule has 0 spiro atoms. The molecule has 1 aliphatic carbocycles. The Bertz CT molecular complexity index is 1750. The third kappa shape index (κ3) is 4.73. The van der Waals surface area contributed by atoms with Crippen molar-refractivity contribution in [3.05, 3.63) is 93.0 Å². The van der Waals surface area contributed by atoms with E-state index < -0.39 is 38.5 Å². The van der Waals surface area contributed by atoms with Gasteiger partial charge >= 0.3 is 6.18 Å². The molecule has 1 aliphatic rings. The Kier molecular flexibility index (Phi) is 6.21. The quantitative estimate of drug-likeness (QED) is 0.361. The van der Waals surface area contributed by atoms with Crippen LogP contribution in [0, 0.1) is 13.8 Å². The van der Waals surface area contributed by atoms with Gasteiger partial charge in [-0.15, -0.1) is 0 Å². The summed E-state index contributed by atoms with van der Waals surface area (Å²) in [6, 6.07) is 11.6. The van der Waals surface area contributed by atoms with E-state index in [1.54, 1.807) is 0 Å². The van der Waals surface area contributed by atoms with Crippen LogP contribution >= 0.6 is 0 Å². The first kappa shape index (κ1) is 25.8. The summed E-state index contributed by atoms with van der Waals surface area (Å²) in [5.41, 5.74) is 1.00. The third-order valence-corrected chi connectivity index (χ3v) is 8.54. The summed E-state index contributed by atoms with van der Waals surface area (Å²) in [7, 11) is -3.99. The Hall–Kier alpha value is -3.86. The predicted octanol–water partition coefficient (Wildman–Crippen LogP) is 4.90. The minimum atomic E-state index is -4.68. The highest BCUT2D eigenvalue weighted by Gasteiger charge is 2.39. The molecule has 2 heterocycles. The number of H-pyrrole nitrogens is 1. The highest BCUT2D eigenvalue weighted by Crippen LogP contribution is 2.39. The van der Waals surface area contributed by atoms with Gasteiger partial charge in [0, 0.05) is 34.8 Å². The Morgan fingerprint density at radius 1 is 1.11 bits per heavy atom. The molecule has 0 atom stereocenters. The van der Waals surface area contributed by atoms with Crippen molar-refractivity contribution in [1.29, 1.82) is 0 Å². The molecule has 11 heteroatoms. The Morgan fingerprint density at radius 2 is 1.84 bits per heavy atom. The van der Waals surface area contributed by atoms with Gasteiger partial charge in [0.25, 0.3) is 11.5 Å². The van der Waals surface area contributed by atoms with Gasteiger partial charge in [0.2, 0.25) is 10.0 Å². The van der Waals surface area contributed by atoms with Gasteiger partial charge in [-0.3, -0.25) is 9.59 Å². The standard InChI is InChI=1S/C27H24F3N3O4S/c1-15-5-6-17(16(2)12-15)14-33-22-10-7-18(27(28,29)30)13-21(22)23(20-4-3-11-31-25(20)34)24(33)26(35)32-38(36,37)19-8-9-19/h3-7,10-13,19H,8-9,14H2,1-2H3,(H,31,34)(H,32,35). The van der Waals surface area contributed by atoms with Gasteiger partial charge in [-0.2, -0.15) is 13.2 Å². The number of hydrogen-bond acceptors (Lipinski definition) is 4. The Labute approximate surface area is 216 Å². The molecule has 7 nitrogen and oxygen atoms in total. The van der Waals surface area contributed by atoms with Crippen LogP contribution in [0.25, 0.3) is 22.0 Å². The van der Waals surface area contributed by atoms with Crippen LogP contribution in [0.3, 0.4) is 0 Å². The first-order valence-corrected chi connectivity index (χ1v) is 13.4. The van der Waals surface area contributed by atoms with Gasteiger partial charge in [-0.1, -0.05) is 23.8 Å². The first-order chi connectivity index (χ1) is 17.9. The van der Waals surface area contributed by atoms with E-state index in [1.165, 1.54) is 29.0 Å². The Balaban J connectivity index is 1.84. The molecule has 2 aromatic carbocycles. The fourth-order valence-electron chi connectivity index (χ4n) is 4.66. The van der Waals surface area contributed by atoms with E-state index in [-0.39, 0.29) is 34.3 Å². The number of nitrogens with one attached hydrogen (secondary N) is 2. The summed E-state index contributed by atoms with van der Waals surface area (Å²) in [5, 5.41) is -0.695. The summed E-state index contributed by atoms with van der Waals surface area (Å²) < 4.78 is 70.1. The summed E-state index contributed by atoms with van der Waals surface area (Å²) >= 11 is 0. The highest BCUT2D eigenvalue weighted by atomic mass is 32.2. The number of alkyl halides is 3. The van der Waals surface area contributed by atoms with Gasteiger partial charge in [0.15, 0.2) is 0 Å². The van der Waals surface area contributed by atoms with E-state index in [9.17, 15) is 31.2 Å². The number of nitrogens with zero attached hydrogens (tertiary/aromatic N) is 1. The number of fused-ring (bicyclic) bond motifs is 1. The van der Waals surface area contributed by atoms with Crippen molar-refractivity contribution >= 4 is 26.8 Å². The number of aryl methyl sites for hydroxylation is 2. The molecule has 0 aliphatic heterocycles. The lowest BCUT2D eigenvalue weighted by Gasteiger charge is -2.15. The van der Waals surface area contributed by atoms with E-state index in [2.05, 4.69) is 9.71 Å². The lowest BCUT2D eigenvalue weighted by molar-refractivity contribution is -0.137.